The largest absolute Gasteiger partial charge is 0.341 e. The number of carbonyl (C=O) groups is 2. The molecule has 5 nitrogen and oxygen atoms in total. The number of likely N-dealkylation sites (N-methyl/N-ethyl adjacent to an activating group) is 1. The summed E-state index contributed by atoms with van der Waals surface area (Å²) < 4.78 is 1.14. The van der Waals surface area contributed by atoms with Gasteiger partial charge in [-0.3, -0.25) is 9.59 Å². The molecule has 1 aromatic carbocycles. The first kappa shape index (κ1) is 17.9. The van der Waals surface area contributed by atoms with E-state index >= 15 is 0 Å². The van der Waals surface area contributed by atoms with Gasteiger partial charge in [-0.05, 0) is 37.1 Å². The molecule has 1 aliphatic rings. The Bertz CT molecular complexity index is 812. The molecule has 1 saturated heterocycles. The Morgan fingerprint density at radius 1 is 1.44 bits per heavy atom. The molecule has 2 aromatic rings. The van der Waals surface area contributed by atoms with Crippen molar-refractivity contribution in [2.24, 2.45) is 0 Å². The number of halogens is 1. The number of rotatable bonds is 4. The quantitative estimate of drug-likeness (QED) is 0.768. The van der Waals surface area contributed by atoms with Crippen LogP contribution in [-0.4, -0.2) is 53.3 Å². The van der Waals surface area contributed by atoms with E-state index in [-0.39, 0.29) is 18.4 Å². The molecule has 1 aromatic heterocycles. The number of hydrogen-bond acceptors (Lipinski definition) is 4. The van der Waals surface area contributed by atoms with E-state index in [1.807, 2.05) is 23.1 Å². The summed E-state index contributed by atoms with van der Waals surface area (Å²) in [7, 11) is 1.61. The zero-order chi connectivity index (χ0) is 18.0. The molecule has 0 aliphatic carbocycles. The lowest BCUT2D eigenvalue weighted by Gasteiger charge is -2.32. The fourth-order valence-electron chi connectivity index (χ4n) is 3.01. The van der Waals surface area contributed by atoms with Crippen LogP contribution in [0.3, 0.4) is 0 Å². The number of amides is 2. The van der Waals surface area contributed by atoms with Crippen molar-refractivity contribution in [3.05, 3.63) is 40.9 Å². The summed E-state index contributed by atoms with van der Waals surface area (Å²) >= 11 is 7.73. The van der Waals surface area contributed by atoms with Crippen LogP contribution in [0.4, 0.5) is 0 Å². The summed E-state index contributed by atoms with van der Waals surface area (Å²) in [5, 5.41) is 1.81. The number of likely N-dealkylation sites (tertiary alicyclic amines) is 1. The van der Waals surface area contributed by atoms with Gasteiger partial charge in [-0.15, -0.1) is 11.3 Å². The highest BCUT2D eigenvalue weighted by Gasteiger charge is 2.26. The third kappa shape index (κ3) is 4.02. The Labute approximate surface area is 155 Å². The number of benzene rings is 1. The van der Waals surface area contributed by atoms with Gasteiger partial charge in [0.1, 0.15) is 0 Å². The molecular formula is C18H20ClN3O2S. The van der Waals surface area contributed by atoms with Gasteiger partial charge in [0.05, 0.1) is 21.8 Å². The predicted octanol–water partition coefficient (Wildman–Crippen LogP) is 3.30. The summed E-state index contributed by atoms with van der Waals surface area (Å²) in [6.45, 7) is 4.91. The number of nitrogens with zero attached hydrogens (tertiary/aromatic N) is 3. The van der Waals surface area contributed by atoms with Crippen LogP contribution in [0.2, 0.25) is 5.02 Å². The van der Waals surface area contributed by atoms with Crippen molar-refractivity contribution in [1.29, 1.82) is 0 Å². The fourth-order valence-corrected chi connectivity index (χ4v) is 4.29. The second kappa shape index (κ2) is 7.54. The molecule has 1 fully saturated rings. The van der Waals surface area contributed by atoms with Crippen molar-refractivity contribution in [2.45, 2.75) is 18.8 Å². The average Bonchev–Trinajstić information content (AvgIpc) is 3.04. The third-order valence-corrected chi connectivity index (χ3v) is 5.92. The highest BCUT2D eigenvalue weighted by molar-refractivity contribution is 7.18. The van der Waals surface area contributed by atoms with Crippen LogP contribution >= 0.6 is 22.9 Å². The topological polar surface area (TPSA) is 53.5 Å². The molecular weight excluding hydrogens is 358 g/mol. The summed E-state index contributed by atoms with van der Waals surface area (Å²) in [6.07, 6.45) is 3.00. The molecule has 0 saturated carbocycles. The highest BCUT2D eigenvalue weighted by atomic mass is 35.5. The van der Waals surface area contributed by atoms with Crippen LogP contribution in [0.25, 0.3) is 10.2 Å². The zero-order valence-corrected chi connectivity index (χ0v) is 15.6. The van der Waals surface area contributed by atoms with E-state index in [0.29, 0.717) is 24.0 Å². The van der Waals surface area contributed by atoms with Gasteiger partial charge in [0.25, 0.3) is 0 Å². The summed E-state index contributed by atoms with van der Waals surface area (Å²) in [5.74, 6) is 0.108. The second-order valence-electron chi connectivity index (χ2n) is 6.22. The van der Waals surface area contributed by atoms with E-state index in [9.17, 15) is 9.59 Å². The maximum absolute atomic E-state index is 12.3. The minimum Gasteiger partial charge on any atom is -0.341 e. The van der Waals surface area contributed by atoms with E-state index in [2.05, 4.69) is 6.58 Å². The number of piperidine rings is 1. The molecule has 25 heavy (non-hydrogen) atoms. The molecule has 2 heterocycles. The van der Waals surface area contributed by atoms with Crippen LogP contribution in [0.5, 0.6) is 0 Å². The first-order chi connectivity index (χ1) is 12.0. The SMILES string of the molecule is C=CC(=O)N(C)CC(=O)N1CCC(c2nc3cc(Cl)ccc3s2)CC1. The molecule has 0 bridgehead atoms. The monoisotopic (exact) mass is 377 g/mol. The Balaban J connectivity index is 1.60. The Morgan fingerprint density at radius 3 is 2.84 bits per heavy atom. The Hall–Kier alpha value is -1.92. The van der Waals surface area contributed by atoms with E-state index < -0.39 is 0 Å². The van der Waals surface area contributed by atoms with E-state index in [0.717, 1.165) is 28.1 Å². The van der Waals surface area contributed by atoms with Gasteiger partial charge in [0, 0.05) is 31.1 Å². The molecule has 0 N–H and O–H groups in total. The minimum atomic E-state index is -0.239. The molecule has 7 heteroatoms. The first-order valence-electron chi connectivity index (χ1n) is 8.19. The van der Waals surface area contributed by atoms with Crippen molar-refractivity contribution in [2.75, 3.05) is 26.7 Å². The van der Waals surface area contributed by atoms with Crippen LogP contribution in [0.15, 0.2) is 30.9 Å². The molecule has 0 atom stereocenters. The number of fused-ring (bicyclic) bond motifs is 1. The molecule has 0 unspecified atom stereocenters. The van der Waals surface area contributed by atoms with Crippen LogP contribution in [-0.2, 0) is 9.59 Å². The predicted molar refractivity (Wildman–Crippen MR) is 101 cm³/mol. The number of thiazole rings is 1. The second-order valence-corrected chi connectivity index (χ2v) is 7.72. The van der Waals surface area contributed by atoms with Gasteiger partial charge in [-0.1, -0.05) is 18.2 Å². The summed E-state index contributed by atoms with van der Waals surface area (Å²) in [6, 6.07) is 5.78. The van der Waals surface area contributed by atoms with E-state index in [1.165, 1.54) is 11.0 Å². The van der Waals surface area contributed by atoms with Gasteiger partial charge in [0.15, 0.2) is 0 Å². The lowest BCUT2D eigenvalue weighted by molar-refractivity contribution is -0.138. The number of hydrogen-bond donors (Lipinski definition) is 0. The van der Waals surface area contributed by atoms with Crippen molar-refractivity contribution in [3.8, 4) is 0 Å². The number of aromatic nitrogens is 1. The van der Waals surface area contributed by atoms with Gasteiger partial charge < -0.3 is 9.80 Å². The molecule has 0 radical (unpaired) electrons. The maximum Gasteiger partial charge on any atom is 0.246 e. The molecule has 3 rings (SSSR count). The zero-order valence-electron chi connectivity index (χ0n) is 14.1. The lowest BCUT2D eigenvalue weighted by Crippen LogP contribution is -2.44. The Kier molecular flexibility index (Phi) is 5.39. The van der Waals surface area contributed by atoms with Crippen molar-refractivity contribution in [1.82, 2.24) is 14.8 Å². The molecule has 0 spiro atoms. The first-order valence-corrected chi connectivity index (χ1v) is 9.38. The maximum atomic E-state index is 12.3. The highest BCUT2D eigenvalue weighted by Crippen LogP contribution is 2.34. The van der Waals surface area contributed by atoms with E-state index in [1.54, 1.807) is 18.4 Å². The molecule has 1 aliphatic heterocycles. The van der Waals surface area contributed by atoms with Crippen LogP contribution < -0.4 is 0 Å². The van der Waals surface area contributed by atoms with Crippen LogP contribution in [0.1, 0.15) is 23.8 Å². The normalized spacial score (nSPS) is 15.4. The van der Waals surface area contributed by atoms with E-state index in [4.69, 9.17) is 16.6 Å². The third-order valence-electron chi connectivity index (χ3n) is 4.49. The summed E-state index contributed by atoms with van der Waals surface area (Å²) in [5.41, 5.74) is 0.940. The fraction of sp³-hybridized carbons (Fsp3) is 0.389. The van der Waals surface area contributed by atoms with Crippen molar-refractivity contribution in [3.63, 3.8) is 0 Å². The molecule has 132 valence electrons. The average molecular weight is 378 g/mol. The van der Waals surface area contributed by atoms with Crippen molar-refractivity contribution < 1.29 is 9.59 Å². The summed E-state index contributed by atoms with van der Waals surface area (Å²) in [4.78, 5) is 31.7. The Morgan fingerprint density at radius 2 is 2.16 bits per heavy atom. The van der Waals surface area contributed by atoms with Gasteiger partial charge in [-0.2, -0.15) is 0 Å². The number of carbonyl (C=O) groups excluding carboxylic acids is 2. The van der Waals surface area contributed by atoms with Crippen molar-refractivity contribution >= 4 is 45.0 Å². The van der Waals surface area contributed by atoms with Gasteiger partial charge >= 0.3 is 0 Å². The molecule has 2 amide bonds. The standard InChI is InChI=1S/C18H20ClN3O2S/c1-3-16(23)21(2)11-17(24)22-8-6-12(7-9-22)18-20-14-10-13(19)4-5-15(14)25-18/h3-5,10,12H,1,6-9,11H2,2H3. The smallest absolute Gasteiger partial charge is 0.246 e. The van der Waals surface area contributed by atoms with Crippen LogP contribution in [0, 0.1) is 0 Å². The van der Waals surface area contributed by atoms with Gasteiger partial charge in [-0.25, -0.2) is 4.98 Å². The minimum absolute atomic E-state index is 0.0211. The van der Waals surface area contributed by atoms with Gasteiger partial charge in [0.2, 0.25) is 11.8 Å². The lowest BCUT2D eigenvalue weighted by atomic mass is 9.97.